The summed E-state index contributed by atoms with van der Waals surface area (Å²) in [7, 11) is 0. The quantitative estimate of drug-likeness (QED) is 0.863. The first kappa shape index (κ1) is 18.8. The van der Waals surface area contributed by atoms with Crippen molar-refractivity contribution in [2.24, 2.45) is 5.92 Å². The third kappa shape index (κ3) is 5.26. The van der Waals surface area contributed by atoms with Crippen molar-refractivity contribution in [3.05, 3.63) is 34.4 Å². The summed E-state index contributed by atoms with van der Waals surface area (Å²) in [4.78, 5) is 14.0. The Morgan fingerprint density at radius 3 is 2.33 bits per heavy atom. The molecule has 0 saturated carbocycles. The first-order valence-electron chi connectivity index (χ1n) is 8.71. The molecule has 0 aliphatic carbocycles. The molecule has 0 atom stereocenters. The molecule has 1 aliphatic heterocycles. The van der Waals surface area contributed by atoms with Gasteiger partial charge in [0, 0.05) is 12.5 Å². The molecule has 1 N–H and O–H groups in total. The van der Waals surface area contributed by atoms with Crippen LogP contribution in [-0.2, 0) is 11.2 Å². The second kappa shape index (κ2) is 8.56. The lowest BCUT2D eigenvalue weighted by Gasteiger charge is -2.30. The zero-order chi connectivity index (χ0) is 17.7. The van der Waals surface area contributed by atoms with Crippen LogP contribution in [0.3, 0.4) is 0 Å². The number of nitrogens with one attached hydrogen (secondary N) is 1. The maximum Gasteiger partial charge on any atom is 0.251 e. The van der Waals surface area contributed by atoms with E-state index in [1.54, 1.807) is 4.90 Å². The molecule has 1 aliphatic rings. The number of rotatable bonds is 6. The molecule has 0 bridgehead atoms. The molecule has 2 rings (SSSR count). The molecule has 1 saturated heterocycles. The number of carbonyl (C=O) groups excluding carboxylic acids is 1. The molecule has 0 unspecified atom stereocenters. The van der Waals surface area contributed by atoms with E-state index in [2.05, 4.69) is 38.2 Å². The summed E-state index contributed by atoms with van der Waals surface area (Å²) in [6.07, 6.45) is -0.132. The number of likely N-dealkylation sites (tertiary alicyclic amines) is 1. The highest BCUT2D eigenvalue weighted by molar-refractivity contribution is 5.78. The van der Waals surface area contributed by atoms with Gasteiger partial charge in [-0.15, -0.1) is 0 Å². The predicted octanol–water partition coefficient (Wildman–Crippen LogP) is 3.25. The van der Waals surface area contributed by atoms with Gasteiger partial charge in [0.2, 0.25) is 5.91 Å². The SMILES string of the molecule is Cc1cc(C)c(CCNC(=O)C2CCN(CC(F)F)CC2)c(C)c1. The van der Waals surface area contributed by atoms with Gasteiger partial charge in [-0.25, -0.2) is 8.78 Å². The normalized spacial score (nSPS) is 16.6. The number of alkyl halides is 2. The lowest BCUT2D eigenvalue weighted by molar-refractivity contribution is -0.126. The van der Waals surface area contributed by atoms with Crippen LogP contribution < -0.4 is 5.32 Å². The van der Waals surface area contributed by atoms with Crippen molar-refractivity contribution in [3.63, 3.8) is 0 Å². The van der Waals surface area contributed by atoms with Crippen LogP contribution in [0.2, 0.25) is 0 Å². The van der Waals surface area contributed by atoms with E-state index in [-0.39, 0.29) is 18.4 Å². The molecule has 24 heavy (non-hydrogen) atoms. The van der Waals surface area contributed by atoms with Crippen molar-refractivity contribution in [1.82, 2.24) is 10.2 Å². The van der Waals surface area contributed by atoms with Crippen LogP contribution >= 0.6 is 0 Å². The highest BCUT2D eigenvalue weighted by atomic mass is 19.3. The van der Waals surface area contributed by atoms with Crippen molar-refractivity contribution in [2.45, 2.75) is 46.5 Å². The number of piperidine rings is 1. The molecule has 1 fully saturated rings. The molecule has 1 aromatic carbocycles. The van der Waals surface area contributed by atoms with Gasteiger partial charge in [0.25, 0.3) is 6.43 Å². The molecule has 1 heterocycles. The van der Waals surface area contributed by atoms with Crippen LogP contribution in [0.15, 0.2) is 12.1 Å². The van der Waals surface area contributed by atoms with Crippen LogP contribution in [0.1, 0.15) is 35.1 Å². The van der Waals surface area contributed by atoms with Gasteiger partial charge in [-0.2, -0.15) is 0 Å². The van der Waals surface area contributed by atoms with Gasteiger partial charge in [-0.3, -0.25) is 9.69 Å². The number of hydrogen-bond acceptors (Lipinski definition) is 2. The molecule has 1 aromatic rings. The number of nitrogens with zero attached hydrogens (tertiary/aromatic N) is 1. The van der Waals surface area contributed by atoms with Crippen molar-refractivity contribution in [3.8, 4) is 0 Å². The van der Waals surface area contributed by atoms with Crippen LogP contribution in [-0.4, -0.2) is 43.4 Å². The number of benzene rings is 1. The van der Waals surface area contributed by atoms with Crippen LogP contribution in [0, 0.1) is 26.7 Å². The zero-order valence-electron chi connectivity index (χ0n) is 14.9. The lowest BCUT2D eigenvalue weighted by atomic mass is 9.95. The third-order valence-electron chi connectivity index (χ3n) is 4.87. The number of halogens is 2. The Balaban J connectivity index is 1.76. The molecule has 5 heteroatoms. The minimum Gasteiger partial charge on any atom is -0.356 e. The van der Waals surface area contributed by atoms with E-state index in [4.69, 9.17) is 0 Å². The zero-order valence-corrected chi connectivity index (χ0v) is 14.9. The minimum atomic E-state index is -2.30. The summed E-state index contributed by atoms with van der Waals surface area (Å²) >= 11 is 0. The number of hydrogen-bond donors (Lipinski definition) is 1. The second-order valence-electron chi connectivity index (χ2n) is 6.88. The lowest BCUT2D eigenvalue weighted by Crippen LogP contribution is -2.42. The standard InChI is InChI=1S/C19H28F2N2O/c1-13-10-14(2)17(15(3)11-13)4-7-22-19(24)16-5-8-23(9-6-16)12-18(20)21/h10-11,16,18H,4-9,12H2,1-3H3,(H,22,24). The highest BCUT2D eigenvalue weighted by Gasteiger charge is 2.25. The predicted molar refractivity (Wildman–Crippen MR) is 92.5 cm³/mol. The molecular weight excluding hydrogens is 310 g/mol. The van der Waals surface area contributed by atoms with E-state index in [0.29, 0.717) is 32.5 Å². The minimum absolute atomic E-state index is 0.0425. The Morgan fingerprint density at radius 1 is 1.21 bits per heavy atom. The van der Waals surface area contributed by atoms with E-state index in [9.17, 15) is 13.6 Å². The van der Waals surface area contributed by atoms with Crippen LogP contribution in [0.5, 0.6) is 0 Å². The average molecular weight is 338 g/mol. The van der Waals surface area contributed by atoms with Gasteiger partial charge in [-0.1, -0.05) is 17.7 Å². The first-order chi connectivity index (χ1) is 11.4. The fraction of sp³-hybridized carbons (Fsp3) is 0.632. The largest absolute Gasteiger partial charge is 0.356 e. The van der Waals surface area contributed by atoms with Crippen LogP contribution in [0.25, 0.3) is 0 Å². The van der Waals surface area contributed by atoms with Crippen molar-refractivity contribution in [2.75, 3.05) is 26.2 Å². The van der Waals surface area contributed by atoms with Crippen LogP contribution in [0.4, 0.5) is 8.78 Å². The van der Waals surface area contributed by atoms with Crippen molar-refractivity contribution >= 4 is 5.91 Å². The first-order valence-corrected chi connectivity index (χ1v) is 8.71. The molecule has 3 nitrogen and oxygen atoms in total. The summed E-state index contributed by atoms with van der Waals surface area (Å²) < 4.78 is 24.7. The van der Waals surface area contributed by atoms with E-state index >= 15 is 0 Å². The van der Waals surface area contributed by atoms with Gasteiger partial charge in [-0.05, 0) is 69.8 Å². The third-order valence-corrected chi connectivity index (χ3v) is 4.87. The maximum atomic E-state index is 12.4. The topological polar surface area (TPSA) is 32.3 Å². The highest BCUT2D eigenvalue weighted by Crippen LogP contribution is 2.19. The Kier molecular flexibility index (Phi) is 6.72. The fourth-order valence-electron chi connectivity index (χ4n) is 3.63. The Labute approximate surface area is 143 Å². The molecule has 1 amide bonds. The summed E-state index contributed by atoms with van der Waals surface area (Å²) in [6.45, 7) is 7.91. The van der Waals surface area contributed by atoms with Gasteiger partial charge >= 0.3 is 0 Å². The smallest absolute Gasteiger partial charge is 0.251 e. The Bertz CT molecular complexity index is 543. The molecular formula is C19H28F2N2O. The van der Waals surface area contributed by atoms with Gasteiger partial charge in [0.05, 0.1) is 6.54 Å². The summed E-state index contributed by atoms with van der Waals surface area (Å²) in [5.41, 5.74) is 5.09. The van der Waals surface area contributed by atoms with E-state index in [0.717, 1.165) is 6.42 Å². The van der Waals surface area contributed by atoms with Crippen molar-refractivity contribution in [1.29, 1.82) is 0 Å². The van der Waals surface area contributed by atoms with E-state index < -0.39 is 6.43 Å². The molecule has 0 radical (unpaired) electrons. The van der Waals surface area contributed by atoms with Gasteiger partial charge in [0.15, 0.2) is 0 Å². The van der Waals surface area contributed by atoms with E-state index in [1.807, 2.05) is 0 Å². The summed E-state index contributed by atoms with van der Waals surface area (Å²) in [5, 5.41) is 3.02. The number of aryl methyl sites for hydroxylation is 3. The fourth-order valence-corrected chi connectivity index (χ4v) is 3.63. The molecule has 0 spiro atoms. The summed E-state index contributed by atoms with van der Waals surface area (Å²) in [6, 6.07) is 4.34. The molecule has 0 aromatic heterocycles. The monoisotopic (exact) mass is 338 g/mol. The number of carbonyl (C=O) groups is 1. The van der Waals surface area contributed by atoms with E-state index in [1.165, 1.54) is 22.3 Å². The average Bonchev–Trinajstić information content (AvgIpc) is 2.49. The Hall–Kier alpha value is -1.49. The maximum absolute atomic E-state index is 12.4. The van der Waals surface area contributed by atoms with Gasteiger partial charge < -0.3 is 5.32 Å². The number of amides is 1. The Morgan fingerprint density at radius 2 is 1.79 bits per heavy atom. The van der Waals surface area contributed by atoms with Gasteiger partial charge in [0.1, 0.15) is 0 Å². The molecule has 134 valence electrons. The van der Waals surface area contributed by atoms with Crippen molar-refractivity contribution < 1.29 is 13.6 Å². The second-order valence-corrected chi connectivity index (χ2v) is 6.88. The summed E-state index contributed by atoms with van der Waals surface area (Å²) in [5.74, 6) is 0.0215.